The Bertz CT molecular complexity index is 826. The van der Waals surface area contributed by atoms with Crippen LogP contribution in [0, 0.1) is 24.7 Å². The van der Waals surface area contributed by atoms with Gasteiger partial charge in [-0.3, -0.25) is 20.7 Å². The van der Waals surface area contributed by atoms with E-state index in [1.807, 2.05) is 6.07 Å². The zero-order valence-electron chi connectivity index (χ0n) is 20.5. The largest absolute Gasteiger partial charge is 0.363 e. The van der Waals surface area contributed by atoms with Crippen LogP contribution in [0.1, 0.15) is 50.5 Å². The molecule has 1 aliphatic carbocycles. The quantitative estimate of drug-likeness (QED) is 0.347. The van der Waals surface area contributed by atoms with Crippen molar-refractivity contribution >= 4 is 17.3 Å². The molecule has 0 radical (unpaired) electrons. The molecule has 0 aromatic heterocycles. The summed E-state index contributed by atoms with van der Waals surface area (Å²) in [4.78, 5) is 13.0. The standard InChI is InChI=1S/C26H42N6O2/c1-17-4-7-21(30-25(33)19-8-11-28-24(13-19)34-16-18-5-6-18)14-23(17)32-26-29-12-9-22(31-26)20-3-2-10-27-15-20/h4,7,14,18-20,22,24,26-29,31-32H,2-3,5-6,8-13,15-16H2,1H3,(H,30,33). The molecule has 1 saturated carbocycles. The van der Waals surface area contributed by atoms with E-state index in [0.29, 0.717) is 12.0 Å². The summed E-state index contributed by atoms with van der Waals surface area (Å²) >= 11 is 0. The zero-order chi connectivity index (χ0) is 23.3. The number of hydrogen-bond acceptors (Lipinski definition) is 7. The zero-order valence-corrected chi connectivity index (χ0v) is 20.5. The molecule has 8 nitrogen and oxygen atoms in total. The lowest BCUT2D eigenvalue weighted by molar-refractivity contribution is -0.123. The number of hydrogen-bond donors (Lipinski definition) is 6. The first-order valence-electron chi connectivity index (χ1n) is 13.4. The number of ether oxygens (including phenoxy) is 1. The van der Waals surface area contributed by atoms with Gasteiger partial charge in [0.25, 0.3) is 0 Å². The molecule has 4 fully saturated rings. The van der Waals surface area contributed by atoms with Gasteiger partial charge in [0.2, 0.25) is 5.91 Å². The predicted molar refractivity (Wildman–Crippen MR) is 136 cm³/mol. The summed E-state index contributed by atoms with van der Waals surface area (Å²) in [6.45, 7) is 7.00. The molecule has 3 saturated heterocycles. The highest BCUT2D eigenvalue weighted by Crippen LogP contribution is 2.30. The van der Waals surface area contributed by atoms with Crippen molar-refractivity contribution in [2.45, 2.75) is 70.4 Å². The highest BCUT2D eigenvalue weighted by Gasteiger charge is 2.30. The number of carbonyl (C=O) groups excluding carboxylic acids is 1. The molecule has 5 atom stereocenters. The van der Waals surface area contributed by atoms with Gasteiger partial charge >= 0.3 is 0 Å². The van der Waals surface area contributed by atoms with Gasteiger partial charge in [0.05, 0.1) is 6.61 Å². The van der Waals surface area contributed by atoms with Gasteiger partial charge in [-0.15, -0.1) is 0 Å². The van der Waals surface area contributed by atoms with E-state index < -0.39 is 0 Å². The molecule has 188 valence electrons. The SMILES string of the molecule is Cc1ccc(NC(=O)C2CCNC(OCC3CC3)C2)cc1NC1NCCC(C2CCCNC2)N1. The minimum atomic E-state index is -0.0188. The summed E-state index contributed by atoms with van der Waals surface area (Å²) in [6.07, 6.45) is 7.88. The fraction of sp³-hybridized carbons (Fsp3) is 0.731. The molecule has 34 heavy (non-hydrogen) atoms. The lowest BCUT2D eigenvalue weighted by Crippen LogP contribution is -2.60. The van der Waals surface area contributed by atoms with Gasteiger partial charge in [0.1, 0.15) is 12.5 Å². The number of piperidine rings is 2. The first-order chi connectivity index (χ1) is 16.6. The number of benzene rings is 1. The topological polar surface area (TPSA) is 98.5 Å². The van der Waals surface area contributed by atoms with E-state index in [2.05, 4.69) is 51.0 Å². The molecule has 1 aromatic carbocycles. The molecule has 3 heterocycles. The third-order valence-corrected chi connectivity index (χ3v) is 7.86. The van der Waals surface area contributed by atoms with Crippen LogP contribution in [0.5, 0.6) is 0 Å². The van der Waals surface area contributed by atoms with E-state index in [-0.39, 0.29) is 24.3 Å². The van der Waals surface area contributed by atoms with E-state index in [1.54, 1.807) is 0 Å². The Morgan fingerprint density at radius 2 is 1.97 bits per heavy atom. The molecule has 1 aromatic rings. The van der Waals surface area contributed by atoms with Crippen molar-refractivity contribution in [2.24, 2.45) is 17.8 Å². The smallest absolute Gasteiger partial charge is 0.227 e. The second-order valence-corrected chi connectivity index (χ2v) is 10.7. The molecule has 3 aliphatic heterocycles. The van der Waals surface area contributed by atoms with Crippen LogP contribution in [0.4, 0.5) is 11.4 Å². The fourth-order valence-electron chi connectivity index (χ4n) is 5.46. The maximum atomic E-state index is 13.0. The molecule has 1 amide bonds. The average molecular weight is 471 g/mol. The summed E-state index contributed by atoms with van der Waals surface area (Å²) in [5, 5.41) is 21.1. The molecule has 5 unspecified atom stereocenters. The number of amides is 1. The molecular formula is C26H42N6O2. The third-order valence-electron chi connectivity index (χ3n) is 7.86. The van der Waals surface area contributed by atoms with Crippen LogP contribution >= 0.6 is 0 Å². The summed E-state index contributed by atoms with van der Waals surface area (Å²) < 4.78 is 5.99. The van der Waals surface area contributed by atoms with E-state index in [1.165, 1.54) is 31.2 Å². The van der Waals surface area contributed by atoms with E-state index in [9.17, 15) is 4.79 Å². The highest BCUT2D eigenvalue weighted by molar-refractivity contribution is 5.93. The number of anilines is 2. The van der Waals surface area contributed by atoms with Crippen LogP contribution < -0.4 is 31.9 Å². The first-order valence-corrected chi connectivity index (χ1v) is 13.4. The third kappa shape index (κ3) is 6.49. The van der Waals surface area contributed by atoms with Crippen LogP contribution in [-0.4, -0.2) is 57.3 Å². The fourth-order valence-corrected chi connectivity index (χ4v) is 5.46. The Morgan fingerprint density at radius 3 is 2.79 bits per heavy atom. The van der Waals surface area contributed by atoms with Gasteiger partial charge < -0.3 is 20.7 Å². The Hall–Kier alpha value is -1.71. The van der Waals surface area contributed by atoms with Gasteiger partial charge in [-0.1, -0.05) is 6.07 Å². The Balaban J connectivity index is 1.15. The summed E-state index contributed by atoms with van der Waals surface area (Å²) in [6, 6.07) is 6.65. The molecule has 8 heteroatoms. The van der Waals surface area contributed by atoms with Crippen LogP contribution in [0.15, 0.2) is 18.2 Å². The predicted octanol–water partition coefficient (Wildman–Crippen LogP) is 2.33. The van der Waals surface area contributed by atoms with E-state index in [0.717, 1.165) is 69.3 Å². The van der Waals surface area contributed by atoms with Crippen LogP contribution in [0.3, 0.4) is 0 Å². The lowest BCUT2D eigenvalue weighted by Gasteiger charge is -2.39. The van der Waals surface area contributed by atoms with Gasteiger partial charge in [-0.2, -0.15) is 0 Å². The molecular weight excluding hydrogens is 428 g/mol. The van der Waals surface area contributed by atoms with Crippen molar-refractivity contribution < 1.29 is 9.53 Å². The lowest BCUT2D eigenvalue weighted by atomic mass is 9.89. The average Bonchev–Trinajstić information content (AvgIpc) is 3.70. The summed E-state index contributed by atoms with van der Waals surface area (Å²) in [5.74, 6) is 1.50. The van der Waals surface area contributed by atoms with E-state index >= 15 is 0 Å². The van der Waals surface area contributed by atoms with Crippen molar-refractivity contribution in [3.05, 3.63) is 23.8 Å². The molecule has 4 aliphatic rings. The maximum absolute atomic E-state index is 13.0. The summed E-state index contributed by atoms with van der Waals surface area (Å²) in [7, 11) is 0. The van der Waals surface area contributed by atoms with E-state index in [4.69, 9.17) is 4.74 Å². The van der Waals surface area contributed by atoms with Gasteiger partial charge in [0.15, 0.2) is 0 Å². The molecule has 0 spiro atoms. The second kappa shape index (κ2) is 11.4. The minimum absolute atomic E-state index is 0.00361. The molecule has 5 rings (SSSR count). The van der Waals surface area contributed by atoms with Gasteiger partial charge in [0, 0.05) is 23.3 Å². The van der Waals surface area contributed by atoms with Crippen molar-refractivity contribution in [2.75, 3.05) is 43.4 Å². The minimum Gasteiger partial charge on any atom is -0.363 e. The Kier molecular flexibility index (Phi) is 8.01. The van der Waals surface area contributed by atoms with Crippen molar-refractivity contribution in [1.82, 2.24) is 21.3 Å². The van der Waals surface area contributed by atoms with Crippen LogP contribution in [0.2, 0.25) is 0 Å². The molecule has 0 bridgehead atoms. The Labute approximate surface area is 203 Å². The van der Waals surface area contributed by atoms with Crippen LogP contribution in [0.25, 0.3) is 0 Å². The second-order valence-electron chi connectivity index (χ2n) is 10.7. The number of carbonyl (C=O) groups is 1. The van der Waals surface area contributed by atoms with Gasteiger partial charge in [-0.25, -0.2) is 0 Å². The monoisotopic (exact) mass is 470 g/mol. The van der Waals surface area contributed by atoms with Crippen molar-refractivity contribution in [1.29, 1.82) is 0 Å². The maximum Gasteiger partial charge on any atom is 0.227 e. The van der Waals surface area contributed by atoms with Crippen LogP contribution in [-0.2, 0) is 9.53 Å². The number of rotatable bonds is 8. The molecule has 6 N–H and O–H groups in total. The normalized spacial score (nSPS) is 32.2. The number of aryl methyl sites for hydroxylation is 1. The van der Waals surface area contributed by atoms with Crippen molar-refractivity contribution in [3.63, 3.8) is 0 Å². The van der Waals surface area contributed by atoms with Gasteiger partial charge in [-0.05, 0) is 108 Å². The highest BCUT2D eigenvalue weighted by atomic mass is 16.5. The van der Waals surface area contributed by atoms with Crippen molar-refractivity contribution in [3.8, 4) is 0 Å². The summed E-state index contributed by atoms with van der Waals surface area (Å²) in [5.41, 5.74) is 3.05. The Morgan fingerprint density at radius 1 is 1.09 bits per heavy atom. The first kappa shape index (κ1) is 24.0. The number of nitrogens with one attached hydrogen (secondary N) is 6.